The van der Waals surface area contributed by atoms with Crippen molar-refractivity contribution in [1.82, 2.24) is 14.8 Å². The van der Waals surface area contributed by atoms with Crippen molar-refractivity contribution in [3.05, 3.63) is 63.5 Å². The van der Waals surface area contributed by atoms with Crippen molar-refractivity contribution < 1.29 is 9.90 Å². The molecule has 0 aliphatic carbocycles. The van der Waals surface area contributed by atoms with Crippen molar-refractivity contribution in [1.29, 1.82) is 0 Å². The van der Waals surface area contributed by atoms with Crippen LogP contribution in [0, 0.1) is 13.8 Å². The van der Waals surface area contributed by atoms with Crippen molar-refractivity contribution in [2.75, 3.05) is 0 Å². The van der Waals surface area contributed by atoms with Gasteiger partial charge in [-0.15, -0.1) is 16.4 Å². The Balaban J connectivity index is 1.98. The summed E-state index contributed by atoms with van der Waals surface area (Å²) in [5.41, 5.74) is 4.07. The van der Waals surface area contributed by atoms with Gasteiger partial charge in [0.25, 0.3) is 5.82 Å². The highest BCUT2D eigenvalue weighted by atomic mass is 32.1. The Bertz CT molecular complexity index is 986. The molecule has 3 aromatic rings. The van der Waals surface area contributed by atoms with Gasteiger partial charge >= 0.3 is 5.97 Å². The second kappa shape index (κ2) is 5.38. The summed E-state index contributed by atoms with van der Waals surface area (Å²) in [6, 6.07) is 9.99. The van der Waals surface area contributed by atoms with Gasteiger partial charge in [-0.2, -0.15) is 0 Å². The minimum Gasteiger partial charge on any atom is -0.475 e. The van der Waals surface area contributed by atoms with E-state index in [0.29, 0.717) is 12.4 Å². The minimum absolute atomic E-state index is 0.196. The average Bonchev–Trinajstić information content (AvgIpc) is 3.08. The number of benzene rings is 1. The molecule has 0 bridgehead atoms. The number of carboxylic acid groups (broad SMARTS) is 1. The molecule has 24 heavy (non-hydrogen) atoms. The first-order valence-corrected chi connectivity index (χ1v) is 8.27. The molecule has 6 nitrogen and oxygen atoms in total. The fourth-order valence-electron chi connectivity index (χ4n) is 2.80. The van der Waals surface area contributed by atoms with Gasteiger partial charge in [0.1, 0.15) is 5.00 Å². The van der Waals surface area contributed by atoms with Crippen LogP contribution in [0.2, 0.25) is 0 Å². The van der Waals surface area contributed by atoms with Crippen molar-refractivity contribution in [2.24, 2.45) is 4.99 Å². The lowest BCUT2D eigenvalue weighted by atomic mass is 10.00. The monoisotopic (exact) mass is 338 g/mol. The maximum absolute atomic E-state index is 11.2. The molecule has 1 aromatic carbocycles. The van der Waals surface area contributed by atoms with Crippen molar-refractivity contribution in [3.8, 4) is 5.00 Å². The van der Waals surface area contributed by atoms with Crippen LogP contribution in [0.15, 0.2) is 35.3 Å². The number of aryl methyl sites for hydroxylation is 1. The normalized spacial score (nSPS) is 13.0. The van der Waals surface area contributed by atoms with Crippen molar-refractivity contribution >= 4 is 23.0 Å². The summed E-state index contributed by atoms with van der Waals surface area (Å²) in [6.07, 6.45) is 0. The van der Waals surface area contributed by atoms with Crippen LogP contribution >= 0.6 is 11.3 Å². The number of aromatic carboxylic acids is 1. The van der Waals surface area contributed by atoms with E-state index in [1.165, 1.54) is 0 Å². The van der Waals surface area contributed by atoms with Gasteiger partial charge < -0.3 is 5.11 Å². The zero-order valence-corrected chi connectivity index (χ0v) is 14.0. The topological polar surface area (TPSA) is 80.4 Å². The van der Waals surface area contributed by atoms with E-state index in [4.69, 9.17) is 4.99 Å². The average molecular weight is 338 g/mol. The summed E-state index contributed by atoms with van der Waals surface area (Å²) in [7, 11) is 0. The van der Waals surface area contributed by atoms with E-state index in [1.807, 2.05) is 37.3 Å². The lowest BCUT2D eigenvalue weighted by molar-refractivity contribution is 0.0683. The molecule has 0 spiro atoms. The molecule has 2 aromatic heterocycles. The predicted octanol–water partition coefficient (Wildman–Crippen LogP) is 2.99. The van der Waals surface area contributed by atoms with E-state index in [1.54, 1.807) is 16.0 Å². The zero-order valence-electron chi connectivity index (χ0n) is 13.1. The highest BCUT2D eigenvalue weighted by Crippen LogP contribution is 2.35. The predicted molar refractivity (Wildman–Crippen MR) is 91.5 cm³/mol. The van der Waals surface area contributed by atoms with Gasteiger partial charge in [-0.25, -0.2) is 14.5 Å². The quantitative estimate of drug-likeness (QED) is 0.779. The molecule has 0 fully saturated rings. The number of nitrogens with zero attached hydrogens (tertiary/aromatic N) is 4. The second-order valence-electron chi connectivity index (χ2n) is 5.56. The smallest absolute Gasteiger partial charge is 0.375 e. The van der Waals surface area contributed by atoms with Gasteiger partial charge in [0.15, 0.2) is 5.82 Å². The second-order valence-corrected chi connectivity index (χ2v) is 6.77. The van der Waals surface area contributed by atoms with Gasteiger partial charge in [0.05, 0.1) is 12.3 Å². The number of aromatic nitrogens is 3. The van der Waals surface area contributed by atoms with Crippen LogP contribution in [0.25, 0.3) is 5.00 Å². The van der Waals surface area contributed by atoms with Gasteiger partial charge in [0, 0.05) is 16.0 Å². The molecule has 7 heteroatoms. The standard InChI is InChI=1S/C17H14N4O2S/c1-9-10(2)24-16-13(9)14(11-6-4-3-5-7-11)18-8-12-19-15(17(22)23)20-21(12)16/h3-7H,8H2,1-2H3,(H,22,23). The Hall–Kier alpha value is -2.80. The first kappa shape index (κ1) is 14.8. The van der Waals surface area contributed by atoms with Gasteiger partial charge in [-0.05, 0) is 19.4 Å². The fraction of sp³-hybridized carbons (Fsp3) is 0.176. The van der Waals surface area contributed by atoms with Crippen molar-refractivity contribution in [3.63, 3.8) is 0 Å². The van der Waals surface area contributed by atoms with Crippen LogP contribution in [0.5, 0.6) is 0 Å². The highest BCUT2D eigenvalue weighted by Gasteiger charge is 2.27. The highest BCUT2D eigenvalue weighted by molar-refractivity contribution is 7.15. The molecule has 0 saturated carbocycles. The SMILES string of the molecule is Cc1sc2c(c1C)C(c1ccccc1)=NCc1nc(C(=O)O)nn1-2. The summed E-state index contributed by atoms with van der Waals surface area (Å²) in [6.45, 7) is 4.40. The Morgan fingerprint density at radius 1 is 1.25 bits per heavy atom. The number of aliphatic imine (C=N–C) groups is 1. The minimum atomic E-state index is -1.13. The molecule has 3 heterocycles. The first-order chi connectivity index (χ1) is 11.6. The molecule has 0 atom stereocenters. The molecule has 1 N–H and O–H groups in total. The Kier molecular flexibility index (Phi) is 3.31. The molecule has 0 saturated heterocycles. The summed E-state index contributed by atoms with van der Waals surface area (Å²) in [4.78, 5) is 21.2. The van der Waals surface area contributed by atoms with E-state index < -0.39 is 5.97 Å². The van der Waals surface area contributed by atoms with E-state index >= 15 is 0 Å². The number of carboxylic acids is 1. The summed E-state index contributed by atoms with van der Waals surface area (Å²) in [5.74, 6) is -0.784. The molecular weight excluding hydrogens is 324 g/mol. The Labute approximate surface area is 142 Å². The van der Waals surface area contributed by atoms with Crippen LogP contribution in [0.1, 0.15) is 38.0 Å². The van der Waals surface area contributed by atoms with E-state index in [-0.39, 0.29) is 5.82 Å². The molecule has 1 aliphatic heterocycles. The third kappa shape index (κ3) is 2.16. The van der Waals surface area contributed by atoms with E-state index in [2.05, 4.69) is 17.0 Å². The summed E-state index contributed by atoms with van der Waals surface area (Å²) >= 11 is 1.58. The fourth-order valence-corrected chi connectivity index (χ4v) is 3.93. The number of rotatable bonds is 2. The Morgan fingerprint density at radius 3 is 2.71 bits per heavy atom. The molecule has 120 valence electrons. The van der Waals surface area contributed by atoms with Gasteiger partial charge in [-0.3, -0.25) is 4.99 Å². The number of thiophene rings is 1. The number of hydrogen-bond acceptors (Lipinski definition) is 5. The third-order valence-corrected chi connectivity index (χ3v) is 5.27. The molecule has 0 radical (unpaired) electrons. The van der Waals surface area contributed by atoms with Crippen LogP contribution < -0.4 is 0 Å². The molecule has 0 amide bonds. The van der Waals surface area contributed by atoms with E-state index in [9.17, 15) is 9.90 Å². The largest absolute Gasteiger partial charge is 0.475 e. The van der Waals surface area contributed by atoms with Crippen LogP contribution in [0.4, 0.5) is 0 Å². The lowest BCUT2D eigenvalue weighted by Gasteiger charge is -2.07. The van der Waals surface area contributed by atoms with Gasteiger partial charge in [0.2, 0.25) is 0 Å². The van der Waals surface area contributed by atoms with Gasteiger partial charge in [-0.1, -0.05) is 30.3 Å². The lowest BCUT2D eigenvalue weighted by Crippen LogP contribution is -2.07. The van der Waals surface area contributed by atoms with Crippen LogP contribution in [-0.2, 0) is 6.54 Å². The number of fused-ring (bicyclic) bond motifs is 3. The summed E-state index contributed by atoms with van der Waals surface area (Å²) < 4.78 is 1.63. The third-order valence-electron chi connectivity index (χ3n) is 4.09. The maximum atomic E-state index is 11.2. The number of carbonyl (C=O) groups is 1. The number of hydrogen-bond donors (Lipinski definition) is 1. The van der Waals surface area contributed by atoms with Crippen LogP contribution in [0.3, 0.4) is 0 Å². The van der Waals surface area contributed by atoms with Crippen molar-refractivity contribution in [2.45, 2.75) is 20.4 Å². The maximum Gasteiger partial charge on any atom is 0.375 e. The molecule has 4 rings (SSSR count). The first-order valence-electron chi connectivity index (χ1n) is 7.46. The zero-order chi connectivity index (χ0) is 16.8. The van der Waals surface area contributed by atoms with E-state index in [0.717, 1.165) is 32.3 Å². The molecule has 0 unspecified atom stereocenters. The Morgan fingerprint density at radius 2 is 2.00 bits per heavy atom. The summed E-state index contributed by atoms with van der Waals surface area (Å²) in [5, 5.41) is 14.2. The molecular formula is C17H14N4O2S. The van der Waals surface area contributed by atoms with Crippen LogP contribution in [-0.4, -0.2) is 31.6 Å². The molecule has 1 aliphatic rings.